The minimum Gasteiger partial charge on any atom is -0.481 e. The van der Waals surface area contributed by atoms with Gasteiger partial charge in [0.25, 0.3) is 0 Å². The fourth-order valence-corrected chi connectivity index (χ4v) is 4.43. The Morgan fingerprint density at radius 3 is 2.14 bits per heavy atom. The second-order valence-electron chi connectivity index (χ2n) is 4.85. The third-order valence-electron chi connectivity index (χ3n) is 3.37. The first-order chi connectivity index (χ1) is 10.2. The molecule has 0 fully saturated rings. The standard InChI is InChI=1S/C16H12N2OS2/c1-9-3-10-4-12(20-14(10)7-17-9)13-5-11-6-16(19-2)18-8-15(11)21-13/h3-8H,1-2H3. The van der Waals surface area contributed by atoms with E-state index in [2.05, 4.69) is 28.2 Å². The molecule has 5 heteroatoms. The summed E-state index contributed by atoms with van der Waals surface area (Å²) in [5, 5.41) is 2.43. The highest BCUT2D eigenvalue weighted by Gasteiger charge is 2.09. The lowest BCUT2D eigenvalue weighted by Gasteiger charge is -1.95. The van der Waals surface area contributed by atoms with Gasteiger partial charge in [-0.05, 0) is 30.5 Å². The van der Waals surface area contributed by atoms with Gasteiger partial charge in [-0.15, -0.1) is 22.7 Å². The van der Waals surface area contributed by atoms with Crippen LogP contribution in [-0.4, -0.2) is 17.1 Å². The van der Waals surface area contributed by atoms with Crippen molar-refractivity contribution < 1.29 is 4.74 Å². The Kier molecular flexibility index (Phi) is 2.90. The summed E-state index contributed by atoms with van der Waals surface area (Å²) in [5.74, 6) is 0.656. The summed E-state index contributed by atoms with van der Waals surface area (Å²) >= 11 is 3.54. The molecule has 4 rings (SSSR count). The molecule has 0 aliphatic rings. The van der Waals surface area contributed by atoms with Gasteiger partial charge in [-0.3, -0.25) is 4.98 Å². The summed E-state index contributed by atoms with van der Waals surface area (Å²) in [4.78, 5) is 11.2. The molecule has 0 atom stereocenters. The Labute approximate surface area is 129 Å². The highest BCUT2D eigenvalue weighted by atomic mass is 32.1. The molecule has 4 aromatic rings. The van der Waals surface area contributed by atoms with Gasteiger partial charge in [0.05, 0.1) is 16.5 Å². The van der Waals surface area contributed by atoms with Gasteiger partial charge in [0.1, 0.15) is 0 Å². The van der Waals surface area contributed by atoms with Gasteiger partial charge in [0.2, 0.25) is 5.88 Å². The van der Waals surface area contributed by atoms with Crippen LogP contribution in [0.25, 0.3) is 29.9 Å². The topological polar surface area (TPSA) is 35.0 Å². The van der Waals surface area contributed by atoms with Crippen LogP contribution >= 0.6 is 22.7 Å². The van der Waals surface area contributed by atoms with Crippen molar-refractivity contribution >= 4 is 42.8 Å². The zero-order chi connectivity index (χ0) is 14.4. The Hall–Kier alpha value is -1.98. The maximum absolute atomic E-state index is 5.19. The van der Waals surface area contributed by atoms with Gasteiger partial charge < -0.3 is 4.74 Å². The molecule has 0 saturated heterocycles. The van der Waals surface area contributed by atoms with Gasteiger partial charge in [0, 0.05) is 39.3 Å². The molecular weight excluding hydrogens is 300 g/mol. The SMILES string of the molecule is COc1cc2cc(-c3cc4cc(C)ncc4s3)sc2cn1. The van der Waals surface area contributed by atoms with Crippen LogP contribution in [-0.2, 0) is 0 Å². The smallest absolute Gasteiger partial charge is 0.213 e. The molecule has 0 N–H and O–H groups in total. The van der Waals surface area contributed by atoms with E-state index in [1.54, 1.807) is 29.8 Å². The highest BCUT2D eigenvalue weighted by molar-refractivity contribution is 7.28. The normalized spacial score (nSPS) is 11.3. The molecule has 0 bridgehead atoms. The predicted octanol–water partition coefficient (Wildman–Crippen LogP) is 4.89. The van der Waals surface area contributed by atoms with E-state index in [1.165, 1.54) is 29.9 Å². The summed E-state index contributed by atoms with van der Waals surface area (Å²) in [7, 11) is 1.64. The van der Waals surface area contributed by atoms with Crippen molar-refractivity contribution in [2.24, 2.45) is 0 Å². The first-order valence-electron chi connectivity index (χ1n) is 6.53. The molecule has 104 valence electrons. The number of nitrogens with zero attached hydrogens (tertiary/aromatic N) is 2. The number of thiophene rings is 2. The van der Waals surface area contributed by atoms with Crippen molar-refractivity contribution in [2.75, 3.05) is 7.11 Å². The maximum atomic E-state index is 5.19. The number of hydrogen-bond donors (Lipinski definition) is 0. The minimum atomic E-state index is 0.656. The Morgan fingerprint density at radius 1 is 0.857 bits per heavy atom. The minimum absolute atomic E-state index is 0.656. The highest BCUT2D eigenvalue weighted by Crippen LogP contribution is 2.40. The summed E-state index contributed by atoms with van der Waals surface area (Å²) < 4.78 is 7.59. The number of ether oxygens (including phenoxy) is 1. The molecular formula is C16H12N2OS2. The van der Waals surface area contributed by atoms with Crippen LogP contribution in [0.2, 0.25) is 0 Å². The second-order valence-corrected chi connectivity index (χ2v) is 7.02. The largest absolute Gasteiger partial charge is 0.481 e. The van der Waals surface area contributed by atoms with Gasteiger partial charge in [0.15, 0.2) is 0 Å². The van der Waals surface area contributed by atoms with Gasteiger partial charge in [-0.2, -0.15) is 0 Å². The fraction of sp³-hybridized carbons (Fsp3) is 0.125. The summed E-state index contributed by atoms with van der Waals surface area (Å²) in [6.07, 6.45) is 3.83. The predicted molar refractivity (Wildman–Crippen MR) is 89.5 cm³/mol. The number of aryl methyl sites for hydroxylation is 1. The van der Waals surface area contributed by atoms with Gasteiger partial charge in [-0.25, -0.2) is 4.98 Å². The van der Waals surface area contributed by atoms with Gasteiger partial charge >= 0.3 is 0 Å². The summed E-state index contributed by atoms with van der Waals surface area (Å²) in [5.41, 5.74) is 1.05. The van der Waals surface area contributed by atoms with Crippen molar-refractivity contribution in [1.82, 2.24) is 9.97 Å². The zero-order valence-electron chi connectivity index (χ0n) is 11.6. The average Bonchev–Trinajstić information content (AvgIpc) is 3.08. The van der Waals surface area contributed by atoms with Crippen LogP contribution in [0.15, 0.2) is 36.7 Å². The molecule has 0 radical (unpaired) electrons. The summed E-state index contributed by atoms with van der Waals surface area (Å²) in [6, 6.07) is 8.56. The van der Waals surface area contributed by atoms with E-state index in [0.717, 1.165) is 5.69 Å². The molecule has 4 heterocycles. The van der Waals surface area contributed by atoms with Crippen molar-refractivity contribution in [1.29, 1.82) is 0 Å². The van der Waals surface area contributed by atoms with Crippen molar-refractivity contribution in [3.63, 3.8) is 0 Å². The third kappa shape index (κ3) is 2.18. The molecule has 0 amide bonds. The lowest BCUT2D eigenvalue weighted by Crippen LogP contribution is -1.84. The van der Waals surface area contributed by atoms with Crippen LogP contribution < -0.4 is 4.74 Å². The lowest BCUT2D eigenvalue weighted by atomic mass is 10.2. The maximum Gasteiger partial charge on any atom is 0.213 e. The monoisotopic (exact) mass is 312 g/mol. The van der Waals surface area contributed by atoms with Crippen LogP contribution in [0, 0.1) is 6.92 Å². The van der Waals surface area contributed by atoms with Crippen molar-refractivity contribution in [3.8, 4) is 15.6 Å². The lowest BCUT2D eigenvalue weighted by molar-refractivity contribution is 0.399. The van der Waals surface area contributed by atoms with Crippen molar-refractivity contribution in [2.45, 2.75) is 6.92 Å². The number of rotatable bonds is 2. The number of fused-ring (bicyclic) bond motifs is 2. The molecule has 3 nitrogen and oxygen atoms in total. The number of methoxy groups -OCH3 is 1. The number of pyridine rings is 2. The van der Waals surface area contributed by atoms with Gasteiger partial charge in [-0.1, -0.05) is 0 Å². The fourth-order valence-electron chi connectivity index (χ4n) is 2.34. The molecule has 4 aromatic heterocycles. The third-order valence-corrected chi connectivity index (χ3v) is 5.74. The second kappa shape index (κ2) is 4.79. The summed E-state index contributed by atoms with van der Waals surface area (Å²) in [6.45, 7) is 2.02. The van der Waals surface area contributed by atoms with E-state index in [1.807, 2.05) is 25.4 Å². The molecule has 0 unspecified atom stereocenters. The first kappa shape index (κ1) is 12.7. The van der Waals surface area contributed by atoms with Crippen LogP contribution in [0.1, 0.15) is 5.69 Å². The van der Waals surface area contributed by atoms with Crippen molar-refractivity contribution in [3.05, 3.63) is 42.4 Å². The number of hydrogen-bond acceptors (Lipinski definition) is 5. The van der Waals surface area contributed by atoms with E-state index in [0.29, 0.717) is 5.88 Å². The molecule has 0 aliphatic carbocycles. The van der Waals surface area contributed by atoms with E-state index < -0.39 is 0 Å². The Morgan fingerprint density at radius 2 is 1.48 bits per heavy atom. The molecule has 0 aromatic carbocycles. The average molecular weight is 312 g/mol. The van der Waals surface area contributed by atoms with Crippen LogP contribution in [0.4, 0.5) is 0 Å². The first-order valence-corrected chi connectivity index (χ1v) is 8.16. The van der Waals surface area contributed by atoms with E-state index in [-0.39, 0.29) is 0 Å². The van der Waals surface area contributed by atoms with Crippen LogP contribution in [0.3, 0.4) is 0 Å². The molecule has 0 spiro atoms. The van der Waals surface area contributed by atoms with Crippen LogP contribution in [0.5, 0.6) is 5.88 Å². The molecule has 0 aliphatic heterocycles. The Balaban J connectivity index is 1.87. The quantitative estimate of drug-likeness (QED) is 0.528. The molecule has 0 saturated carbocycles. The van der Waals surface area contributed by atoms with E-state index in [4.69, 9.17) is 4.74 Å². The Bertz CT molecular complexity index is 955. The van der Waals surface area contributed by atoms with E-state index in [9.17, 15) is 0 Å². The number of aromatic nitrogens is 2. The zero-order valence-corrected chi connectivity index (χ0v) is 13.2. The molecule has 21 heavy (non-hydrogen) atoms. The van der Waals surface area contributed by atoms with E-state index >= 15 is 0 Å².